The van der Waals surface area contributed by atoms with E-state index in [0.717, 1.165) is 0 Å². The first-order chi connectivity index (χ1) is 9.23. The standard InChI is InChI=1S/C13H12F3NO3/c1-7-6-9(11(18)19)8-4-2-3-5-10(8)17(7)12(20)13(14,15)16/h2-5,7,9H,6H2,1H3,(H,18,19)/t7-,9+/m1/s1. The van der Waals surface area contributed by atoms with E-state index in [0.29, 0.717) is 4.90 Å². The summed E-state index contributed by atoms with van der Waals surface area (Å²) in [4.78, 5) is 23.4. The number of carboxylic acids is 1. The first kappa shape index (κ1) is 14.4. The zero-order chi connectivity index (χ0) is 15.1. The molecule has 4 nitrogen and oxygen atoms in total. The van der Waals surface area contributed by atoms with Gasteiger partial charge in [-0.25, -0.2) is 0 Å². The summed E-state index contributed by atoms with van der Waals surface area (Å²) >= 11 is 0. The third-order valence-corrected chi connectivity index (χ3v) is 3.35. The number of fused-ring (bicyclic) bond motifs is 1. The fourth-order valence-corrected chi connectivity index (χ4v) is 2.49. The highest BCUT2D eigenvalue weighted by atomic mass is 19.4. The number of benzene rings is 1. The number of carboxylic acid groups (broad SMARTS) is 1. The second-order valence-corrected chi connectivity index (χ2v) is 4.71. The molecule has 1 heterocycles. The van der Waals surface area contributed by atoms with Crippen LogP contribution in [0.5, 0.6) is 0 Å². The first-order valence-electron chi connectivity index (χ1n) is 5.95. The van der Waals surface area contributed by atoms with Gasteiger partial charge in [0.1, 0.15) is 0 Å². The number of alkyl halides is 3. The van der Waals surface area contributed by atoms with Crippen molar-refractivity contribution < 1.29 is 27.9 Å². The number of carbonyl (C=O) groups excluding carboxylic acids is 1. The Morgan fingerprint density at radius 2 is 1.90 bits per heavy atom. The first-order valence-corrected chi connectivity index (χ1v) is 5.95. The van der Waals surface area contributed by atoms with Crippen molar-refractivity contribution in [2.45, 2.75) is 31.5 Å². The molecule has 20 heavy (non-hydrogen) atoms. The van der Waals surface area contributed by atoms with Gasteiger partial charge < -0.3 is 10.0 Å². The minimum Gasteiger partial charge on any atom is -0.481 e. The molecule has 0 saturated carbocycles. The van der Waals surface area contributed by atoms with Gasteiger partial charge in [0.25, 0.3) is 0 Å². The van der Waals surface area contributed by atoms with Crippen LogP contribution in [0.4, 0.5) is 18.9 Å². The number of nitrogens with zero attached hydrogens (tertiary/aromatic N) is 1. The summed E-state index contributed by atoms with van der Waals surface area (Å²) in [6.07, 6.45) is -5.04. The van der Waals surface area contributed by atoms with E-state index in [1.807, 2.05) is 0 Å². The Kier molecular flexibility index (Phi) is 3.45. The van der Waals surface area contributed by atoms with Crippen molar-refractivity contribution in [3.05, 3.63) is 29.8 Å². The Morgan fingerprint density at radius 3 is 2.45 bits per heavy atom. The van der Waals surface area contributed by atoms with Gasteiger partial charge in [0, 0.05) is 11.7 Å². The van der Waals surface area contributed by atoms with Crippen molar-refractivity contribution in [1.82, 2.24) is 0 Å². The fraction of sp³-hybridized carbons (Fsp3) is 0.385. The molecule has 108 valence electrons. The van der Waals surface area contributed by atoms with Gasteiger partial charge in [-0.15, -0.1) is 0 Å². The number of para-hydroxylation sites is 1. The summed E-state index contributed by atoms with van der Waals surface area (Å²) < 4.78 is 37.9. The topological polar surface area (TPSA) is 57.6 Å². The maximum atomic E-state index is 12.6. The number of anilines is 1. The van der Waals surface area contributed by atoms with Crippen LogP contribution in [0.15, 0.2) is 24.3 Å². The predicted molar refractivity (Wildman–Crippen MR) is 64.4 cm³/mol. The van der Waals surface area contributed by atoms with Gasteiger partial charge in [0.2, 0.25) is 0 Å². The number of halogens is 3. The minimum absolute atomic E-state index is 0.0148. The number of carbonyl (C=O) groups is 2. The van der Waals surface area contributed by atoms with E-state index < -0.39 is 30.0 Å². The fourth-order valence-electron chi connectivity index (χ4n) is 2.49. The minimum atomic E-state index is -4.99. The average Bonchev–Trinajstić information content (AvgIpc) is 2.35. The second kappa shape index (κ2) is 4.81. The van der Waals surface area contributed by atoms with Crippen LogP contribution in [0.2, 0.25) is 0 Å². The third-order valence-electron chi connectivity index (χ3n) is 3.35. The van der Waals surface area contributed by atoms with Gasteiger partial charge in [0.05, 0.1) is 5.92 Å². The molecule has 2 atom stereocenters. The molecule has 0 aromatic heterocycles. The van der Waals surface area contributed by atoms with Crippen LogP contribution in [-0.2, 0) is 9.59 Å². The maximum Gasteiger partial charge on any atom is 0.471 e. The van der Waals surface area contributed by atoms with Crippen LogP contribution in [0.1, 0.15) is 24.8 Å². The van der Waals surface area contributed by atoms with E-state index in [9.17, 15) is 22.8 Å². The number of aliphatic carboxylic acids is 1. The van der Waals surface area contributed by atoms with Crippen LogP contribution in [-0.4, -0.2) is 29.2 Å². The lowest BCUT2D eigenvalue weighted by atomic mass is 9.86. The molecular formula is C13H12F3NO3. The molecule has 0 fully saturated rings. The monoisotopic (exact) mass is 287 g/mol. The molecule has 1 aliphatic heterocycles. The molecule has 1 aliphatic rings. The van der Waals surface area contributed by atoms with Gasteiger partial charge in [-0.1, -0.05) is 18.2 Å². The highest BCUT2D eigenvalue weighted by molar-refractivity contribution is 6.00. The Balaban J connectivity index is 2.53. The number of rotatable bonds is 1. The molecule has 1 amide bonds. The third kappa shape index (κ3) is 2.35. The highest BCUT2D eigenvalue weighted by Gasteiger charge is 2.47. The van der Waals surface area contributed by atoms with Gasteiger partial charge in [-0.2, -0.15) is 13.2 Å². The molecule has 2 rings (SSSR count). The van der Waals surface area contributed by atoms with E-state index in [2.05, 4.69) is 0 Å². The molecule has 1 N–H and O–H groups in total. The lowest BCUT2D eigenvalue weighted by Gasteiger charge is -2.38. The van der Waals surface area contributed by atoms with Crippen LogP contribution in [0.25, 0.3) is 0 Å². The van der Waals surface area contributed by atoms with Crippen molar-refractivity contribution in [2.24, 2.45) is 0 Å². The molecule has 0 radical (unpaired) electrons. The Labute approximate surface area is 112 Å². The van der Waals surface area contributed by atoms with Gasteiger partial charge in [-0.05, 0) is 25.0 Å². The van der Waals surface area contributed by atoms with E-state index in [1.165, 1.54) is 25.1 Å². The SMILES string of the molecule is C[C@@H]1C[C@H](C(=O)O)c2ccccc2N1C(=O)C(F)(F)F. The van der Waals surface area contributed by atoms with E-state index in [-0.39, 0.29) is 17.7 Å². The van der Waals surface area contributed by atoms with Gasteiger partial charge in [0.15, 0.2) is 0 Å². The smallest absolute Gasteiger partial charge is 0.471 e. The molecule has 0 unspecified atom stereocenters. The van der Waals surface area contributed by atoms with Gasteiger partial charge >= 0.3 is 18.1 Å². The zero-order valence-electron chi connectivity index (χ0n) is 10.5. The van der Waals surface area contributed by atoms with E-state index in [1.54, 1.807) is 6.07 Å². The lowest BCUT2D eigenvalue weighted by molar-refractivity contribution is -0.171. The molecular weight excluding hydrogens is 275 g/mol. The Hall–Kier alpha value is -2.05. The maximum absolute atomic E-state index is 12.6. The Bertz CT molecular complexity index is 556. The highest BCUT2D eigenvalue weighted by Crippen LogP contribution is 2.40. The number of hydrogen-bond acceptors (Lipinski definition) is 2. The van der Waals surface area contributed by atoms with Crippen LogP contribution < -0.4 is 4.90 Å². The van der Waals surface area contributed by atoms with Crippen molar-refractivity contribution in [3.63, 3.8) is 0 Å². The zero-order valence-corrected chi connectivity index (χ0v) is 10.5. The molecule has 0 bridgehead atoms. The molecule has 0 spiro atoms. The Morgan fingerprint density at radius 1 is 1.30 bits per heavy atom. The molecule has 0 aliphatic carbocycles. The summed E-state index contributed by atoms with van der Waals surface area (Å²) in [6.45, 7) is 1.41. The van der Waals surface area contributed by atoms with Crippen LogP contribution in [0, 0.1) is 0 Å². The van der Waals surface area contributed by atoms with Crippen molar-refractivity contribution >= 4 is 17.6 Å². The quantitative estimate of drug-likeness (QED) is 0.863. The van der Waals surface area contributed by atoms with Crippen molar-refractivity contribution in [2.75, 3.05) is 4.90 Å². The van der Waals surface area contributed by atoms with Gasteiger partial charge in [-0.3, -0.25) is 9.59 Å². The average molecular weight is 287 g/mol. The van der Waals surface area contributed by atoms with E-state index >= 15 is 0 Å². The van der Waals surface area contributed by atoms with Crippen molar-refractivity contribution in [3.8, 4) is 0 Å². The lowest BCUT2D eigenvalue weighted by Crippen LogP contribution is -2.49. The van der Waals surface area contributed by atoms with Crippen molar-refractivity contribution in [1.29, 1.82) is 0 Å². The largest absolute Gasteiger partial charge is 0.481 e. The summed E-state index contributed by atoms with van der Waals surface area (Å²) in [5.41, 5.74) is 0.247. The summed E-state index contributed by atoms with van der Waals surface area (Å²) in [7, 11) is 0. The van der Waals surface area contributed by atoms with Crippen LogP contribution >= 0.6 is 0 Å². The second-order valence-electron chi connectivity index (χ2n) is 4.71. The normalized spacial score (nSPS) is 22.3. The predicted octanol–water partition coefficient (Wildman–Crippen LogP) is 2.54. The van der Waals surface area contributed by atoms with Crippen LogP contribution in [0.3, 0.4) is 0 Å². The summed E-state index contributed by atoms with van der Waals surface area (Å²) in [5, 5.41) is 9.16. The molecule has 0 saturated heterocycles. The molecule has 1 aromatic rings. The molecule has 1 aromatic carbocycles. The summed E-state index contributed by atoms with van der Waals surface area (Å²) in [6, 6.07) is 4.97. The molecule has 7 heteroatoms. The number of amides is 1. The van der Waals surface area contributed by atoms with E-state index in [4.69, 9.17) is 5.11 Å². The number of hydrogen-bond donors (Lipinski definition) is 1. The summed E-state index contributed by atoms with van der Waals surface area (Å²) in [5.74, 6) is -3.98.